The number of nitrogens with one attached hydrogen (secondary N) is 1. The maximum atomic E-state index is 13.7. The monoisotopic (exact) mass is 502 g/mol. The van der Waals surface area contributed by atoms with Crippen molar-refractivity contribution in [3.63, 3.8) is 0 Å². The van der Waals surface area contributed by atoms with E-state index in [-0.39, 0.29) is 17.9 Å². The zero-order valence-corrected chi connectivity index (χ0v) is 21.6. The highest BCUT2D eigenvalue weighted by Crippen LogP contribution is 2.29. The molecule has 0 bridgehead atoms. The number of hydrogen-bond donors (Lipinski definition) is 1. The van der Waals surface area contributed by atoms with E-state index in [1.807, 2.05) is 47.1 Å². The Morgan fingerprint density at radius 1 is 0.972 bits per heavy atom. The Hall–Kier alpha value is -3.00. The van der Waals surface area contributed by atoms with Gasteiger partial charge in [-0.1, -0.05) is 54.1 Å². The van der Waals surface area contributed by atoms with Crippen molar-refractivity contribution in [3.8, 4) is 0 Å². The molecular weight excluding hydrogens is 468 g/mol. The second-order valence-corrected chi connectivity index (χ2v) is 10.8. The van der Waals surface area contributed by atoms with E-state index in [0.29, 0.717) is 31.6 Å². The van der Waals surface area contributed by atoms with Gasteiger partial charge < -0.3 is 15.1 Å². The summed E-state index contributed by atoms with van der Waals surface area (Å²) in [5.74, 6) is 0.0250. The topological polar surface area (TPSA) is 55.9 Å². The second kappa shape index (κ2) is 11.4. The third-order valence-electron chi connectivity index (χ3n) is 7.24. The van der Waals surface area contributed by atoms with Gasteiger partial charge in [-0.3, -0.25) is 14.5 Å². The number of aryl methyl sites for hydroxylation is 1. The first-order chi connectivity index (χ1) is 17.6. The SMILES string of the molecule is Cc1ccc(C(=O)N2CC(N(Cc3ccccc3)Cc3cccs3)CC2C(=O)N2CCNCC2)cc1. The largest absolute Gasteiger partial charge is 0.338 e. The molecule has 1 N–H and O–H groups in total. The van der Waals surface area contributed by atoms with Crippen molar-refractivity contribution >= 4 is 23.2 Å². The van der Waals surface area contributed by atoms with E-state index in [1.165, 1.54) is 10.4 Å². The molecule has 2 aliphatic rings. The number of hydrogen-bond acceptors (Lipinski definition) is 5. The zero-order chi connectivity index (χ0) is 24.9. The fraction of sp³-hybridized carbons (Fsp3) is 0.379. The van der Waals surface area contributed by atoms with Crippen LogP contribution in [0.1, 0.15) is 32.8 Å². The van der Waals surface area contributed by atoms with Crippen LogP contribution in [0.25, 0.3) is 0 Å². The van der Waals surface area contributed by atoms with Gasteiger partial charge in [0.15, 0.2) is 0 Å². The molecule has 2 aromatic carbocycles. The van der Waals surface area contributed by atoms with E-state index in [4.69, 9.17) is 0 Å². The number of likely N-dealkylation sites (tertiary alicyclic amines) is 1. The van der Waals surface area contributed by atoms with Crippen LogP contribution < -0.4 is 5.32 Å². The fourth-order valence-electron chi connectivity index (χ4n) is 5.23. The van der Waals surface area contributed by atoms with Crippen molar-refractivity contribution in [1.82, 2.24) is 20.0 Å². The lowest BCUT2D eigenvalue weighted by molar-refractivity contribution is -0.135. The van der Waals surface area contributed by atoms with Crippen molar-refractivity contribution in [1.29, 1.82) is 0 Å². The third-order valence-corrected chi connectivity index (χ3v) is 8.10. The average Bonchev–Trinajstić information content (AvgIpc) is 3.59. The zero-order valence-electron chi connectivity index (χ0n) is 20.8. The molecule has 2 saturated heterocycles. The summed E-state index contributed by atoms with van der Waals surface area (Å²) in [4.78, 5) is 35.0. The van der Waals surface area contributed by atoms with Crippen molar-refractivity contribution < 1.29 is 9.59 Å². The van der Waals surface area contributed by atoms with Crippen molar-refractivity contribution in [2.24, 2.45) is 0 Å². The standard InChI is InChI=1S/C29H34N4O2S/c1-22-9-11-24(12-10-22)28(34)33-20-25(18-27(33)29(35)31-15-13-30-14-16-31)32(21-26-8-5-17-36-26)19-23-6-3-2-4-7-23/h2-12,17,25,27,30H,13-16,18-21H2,1H3. The molecule has 2 atom stereocenters. The molecule has 5 rings (SSSR count). The predicted molar refractivity (Wildman–Crippen MR) is 144 cm³/mol. The number of amides is 2. The lowest BCUT2D eigenvalue weighted by Crippen LogP contribution is -2.53. The fourth-order valence-corrected chi connectivity index (χ4v) is 5.96. The maximum Gasteiger partial charge on any atom is 0.254 e. The van der Waals surface area contributed by atoms with Gasteiger partial charge in [0.05, 0.1) is 0 Å². The summed E-state index contributed by atoms with van der Waals surface area (Å²) in [5, 5.41) is 5.43. The number of rotatable bonds is 7. The van der Waals surface area contributed by atoms with Gasteiger partial charge in [0.25, 0.3) is 5.91 Å². The first kappa shape index (κ1) is 24.7. The number of carbonyl (C=O) groups is 2. The number of carbonyl (C=O) groups excluding carboxylic acids is 2. The Morgan fingerprint density at radius 3 is 2.42 bits per heavy atom. The average molecular weight is 503 g/mol. The van der Waals surface area contributed by atoms with Crippen molar-refractivity contribution in [2.75, 3.05) is 32.7 Å². The molecule has 0 radical (unpaired) electrons. The molecular formula is C29H34N4O2S. The number of nitrogens with zero attached hydrogens (tertiary/aromatic N) is 3. The van der Waals surface area contributed by atoms with Gasteiger partial charge in [-0.2, -0.15) is 0 Å². The molecule has 6 nitrogen and oxygen atoms in total. The summed E-state index contributed by atoms with van der Waals surface area (Å²) in [6.07, 6.45) is 0.651. The van der Waals surface area contributed by atoms with E-state index in [1.54, 1.807) is 11.3 Å². The second-order valence-electron chi connectivity index (χ2n) is 9.77. The van der Waals surface area contributed by atoms with Crippen molar-refractivity contribution in [3.05, 3.63) is 93.7 Å². The minimum Gasteiger partial charge on any atom is -0.338 e. The molecule has 0 aliphatic carbocycles. The highest BCUT2D eigenvalue weighted by Gasteiger charge is 2.43. The summed E-state index contributed by atoms with van der Waals surface area (Å²) in [5.41, 5.74) is 3.00. The molecule has 188 valence electrons. The number of benzene rings is 2. The summed E-state index contributed by atoms with van der Waals surface area (Å²) in [6, 6.07) is 22.1. The lowest BCUT2D eigenvalue weighted by atomic mass is 10.1. The normalized spacial score (nSPS) is 20.2. The van der Waals surface area contributed by atoms with Gasteiger partial charge in [-0.15, -0.1) is 11.3 Å². The molecule has 7 heteroatoms. The van der Waals surface area contributed by atoms with Crippen LogP contribution in [-0.4, -0.2) is 71.3 Å². The minimum atomic E-state index is -0.441. The Labute approximate surface area is 217 Å². The Balaban J connectivity index is 1.43. The molecule has 3 aromatic rings. The molecule has 2 unspecified atom stereocenters. The summed E-state index contributed by atoms with van der Waals surface area (Å²) in [7, 11) is 0. The molecule has 3 heterocycles. The Kier molecular flexibility index (Phi) is 7.80. The maximum absolute atomic E-state index is 13.7. The summed E-state index contributed by atoms with van der Waals surface area (Å²) in [6.45, 7) is 7.13. The molecule has 0 saturated carbocycles. The van der Waals surface area contributed by atoms with Crippen LogP contribution in [0, 0.1) is 6.92 Å². The van der Waals surface area contributed by atoms with Crippen LogP contribution in [0.2, 0.25) is 0 Å². The Morgan fingerprint density at radius 2 is 1.72 bits per heavy atom. The van der Waals surface area contributed by atoms with Gasteiger partial charge in [0.1, 0.15) is 6.04 Å². The quantitative estimate of drug-likeness (QED) is 0.534. The van der Waals surface area contributed by atoms with Crippen molar-refractivity contribution in [2.45, 2.75) is 38.5 Å². The minimum absolute atomic E-state index is 0.0539. The van der Waals surface area contributed by atoms with Gasteiger partial charge in [-0.05, 0) is 42.5 Å². The third kappa shape index (κ3) is 5.69. The van der Waals surface area contributed by atoms with Crippen LogP contribution in [-0.2, 0) is 17.9 Å². The van der Waals surface area contributed by atoms with Gasteiger partial charge in [0, 0.05) is 62.3 Å². The van der Waals surface area contributed by atoms with Crippen LogP contribution >= 0.6 is 11.3 Å². The van der Waals surface area contributed by atoms with Crippen LogP contribution in [0.15, 0.2) is 72.1 Å². The summed E-state index contributed by atoms with van der Waals surface area (Å²) < 4.78 is 0. The first-order valence-electron chi connectivity index (χ1n) is 12.8. The molecule has 2 fully saturated rings. The summed E-state index contributed by atoms with van der Waals surface area (Å²) >= 11 is 1.75. The van der Waals surface area contributed by atoms with E-state index >= 15 is 0 Å². The molecule has 1 aromatic heterocycles. The predicted octanol–water partition coefficient (Wildman–Crippen LogP) is 3.77. The molecule has 36 heavy (non-hydrogen) atoms. The van der Waals surface area contributed by atoms with E-state index in [0.717, 1.165) is 31.7 Å². The van der Waals surface area contributed by atoms with E-state index in [9.17, 15) is 9.59 Å². The van der Waals surface area contributed by atoms with Gasteiger partial charge >= 0.3 is 0 Å². The highest BCUT2D eigenvalue weighted by atomic mass is 32.1. The van der Waals surface area contributed by atoms with Crippen LogP contribution in [0.4, 0.5) is 0 Å². The smallest absolute Gasteiger partial charge is 0.254 e. The van der Waals surface area contributed by atoms with Crippen LogP contribution in [0.5, 0.6) is 0 Å². The molecule has 2 aliphatic heterocycles. The van der Waals surface area contributed by atoms with Crippen LogP contribution in [0.3, 0.4) is 0 Å². The first-order valence-corrected chi connectivity index (χ1v) is 13.6. The lowest BCUT2D eigenvalue weighted by Gasteiger charge is -2.32. The van der Waals surface area contributed by atoms with Gasteiger partial charge in [-0.25, -0.2) is 0 Å². The Bertz CT molecular complexity index is 1140. The molecule has 0 spiro atoms. The van der Waals surface area contributed by atoms with E-state index in [2.05, 4.69) is 52.0 Å². The highest BCUT2D eigenvalue weighted by molar-refractivity contribution is 7.09. The number of thiophene rings is 1. The van der Waals surface area contributed by atoms with Gasteiger partial charge in [0.2, 0.25) is 5.91 Å². The molecule has 2 amide bonds. The number of piperazine rings is 1. The van der Waals surface area contributed by atoms with E-state index < -0.39 is 6.04 Å².